The Morgan fingerprint density at radius 1 is 0.253 bits per heavy atom. The maximum absolute atomic E-state index is 13.0. The van der Waals surface area contributed by atoms with Crippen LogP contribution in [-0.4, -0.2) is 37.2 Å². The van der Waals surface area contributed by atoms with E-state index in [4.69, 9.17) is 14.2 Å². The summed E-state index contributed by atoms with van der Waals surface area (Å²) in [6.45, 7) is 6.56. The summed E-state index contributed by atoms with van der Waals surface area (Å²) in [5.74, 6) is -0.868. The van der Waals surface area contributed by atoms with Crippen LogP contribution in [0.15, 0.2) is 85.1 Å². The molecule has 0 heterocycles. The van der Waals surface area contributed by atoms with Gasteiger partial charge in [0.15, 0.2) is 6.10 Å². The Morgan fingerprint density at radius 3 is 0.747 bits per heavy atom. The molecule has 0 aliphatic heterocycles. The van der Waals surface area contributed by atoms with Crippen molar-refractivity contribution in [2.75, 3.05) is 13.2 Å². The molecule has 0 aromatic heterocycles. The lowest BCUT2D eigenvalue weighted by molar-refractivity contribution is -0.167. The van der Waals surface area contributed by atoms with Crippen LogP contribution in [0.4, 0.5) is 0 Å². The van der Waals surface area contributed by atoms with Gasteiger partial charge in [0.1, 0.15) is 13.2 Å². The molecular formula is C77H136O6. The highest BCUT2D eigenvalue weighted by Crippen LogP contribution is 2.18. The summed E-state index contributed by atoms with van der Waals surface area (Å²) >= 11 is 0. The standard InChI is InChI=1S/C77H136O6/c1-4-7-10-13-16-19-22-25-28-30-32-34-36-37-38-39-40-41-42-44-45-47-49-52-55-58-61-64-67-70-76(79)82-73-74(72-81-75(78)69-66-63-60-57-54-51-27-24-21-18-15-12-9-6-3)83-77(80)71-68-65-62-59-56-53-50-48-46-43-35-33-31-29-26-23-20-17-14-11-8-5-2/h7,10,16,19,24-25,27-28,32,34,37-38,40-41,74H,4-6,8-9,11-15,17-18,20-23,26,29-31,33,35-36,39,42-73H2,1-3H3/b10-7-,19-16-,27-24-,28-25-,34-32-,38-37-,41-40-. The van der Waals surface area contributed by atoms with Gasteiger partial charge in [0.25, 0.3) is 0 Å². The number of esters is 3. The Balaban J connectivity index is 4.28. The summed E-state index contributed by atoms with van der Waals surface area (Å²) in [5.41, 5.74) is 0. The molecule has 6 heteroatoms. The zero-order valence-corrected chi connectivity index (χ0v) is 55.2. The van der Waals surface area contributed by atoms with E-state index in [1.54, 1.807) is 0 Å². The fourth-order valence-corrected chi connectivity index (χ4v) is 10.5. The van der Waals surface area contributed by atoms with Crippen molar-refractivity contribution in [2.24, 2.45) is 0 Å². The Labute approximate surface area is 515 Å². The summed E-state index contributed by atoms with van der Waals surface area (Å²) in [4.78, 5) is 38.5. The zero-order chi connectivity index (χ0) is 59.9. The highest BCUT2D eigenvalue weighted by atomic mass is 16.6. The van der Waals surface area contributed by atoms with Gasteiger partial charge in [0.2, 0.25) is 0 Å². The van der Waals surface area contributed by atoms with Gasteiger partial charge in [-0.05, 0) is 96.3 Å². The predicted molar refractivity (Wildman–Crippen MR) is 362 cm³/mol. The molecule has 0 fully saturated rings. The number of carbonyl (C=O) groups excluding carboxylic acids is 3. The van der Waals surface area contributed by atoms with Crippen LogP contribution >= 0.6 is 0 Å². The lowest BCUT2D eigenvalue weighted by atomic mass is 10.0. The molecule has 0 aliphatic rings. The number of hydrogen-bond donors (Lipinski definition) is 0. The molecule has 0 aromatic carbocycles. The van der Waals surface area contributed by atoms with Crippen molar-refractivity contribution >= 4 is 17.9 Å². The van der Waals surface area contributed by atoms with Gasteiger partial charge in [-0.25, -0.2) is 0 Å². The van der Waals surface area contributed by atoms with Gasteiger partial charge in [-0.1, -0.05) is 337 Å². The first kappa shape index (κ1) is 79.6. The van der Waals surface area contributed by atoms with Gasteiger partial charge in [0.05, 0.1) is 0 Å². The summed E-state index contributed by atoms with van der Waals surface area (Å²) in [5, 5.41) is 0. The van der Waals surface area contributed by atoms with Crippen molar-refractivity contribution in [3.05, 3.63) is 85.1 Å². The molecule has 6 nitrogen and oxygen atoms in total. The SMILES string of the molecule is CC/C=C\C/C=C\C/C=C\C/C=C\C/C=C\C/C=C\CCCCCCCCCCCCC(=O)OCC(COC(=O)CCCCCCC/C=C\CCCCCCC)OC(=O)CCCCCCCCCCCCCCCCCCCCCCCC. The third-order valence-electron chi connectivity index (χ3n) is 15.9. The quantitative estimate of drug-likeness (QED) is 0.0261. The summed E-state index contributed by atoms with van der Waals surface area (Å²) in [7, 11) is 0. The van der Waals surface area contributed by atoms with Gasteiger partial charge in [-0.3, -0.25) is 14.4 Å². The molecule has 0 aliphatic carbocycles. The lowest BCUT2D eigenvalue weighted by Crippen LogP contribution is -2.30. The van der Waals surface area contributed by atoms with Crippen LogP contribution in [0.2, 0.25) is 0 Å². The molecule has 0 rings (SSSR count). The second-order valence-corrected chi connectivity index (χ2v) is 24.1. The molecule has 0 saturated carbocycles. The lowest BCUT2D eigenvalue weighted by Gasteiger charge is -2.18. The summed E-state index contributed by atoms with van der Waals surface area (Å²) < 4.78 is 17.0. The second kappa shape index (κ2) is 71.1. The fourth-order valence-electron chi connectivity index (χ4n) is 10.5. The first-order valence-electron chi connectivity index (χ1n) is 36.1. The largest absolute Gasteiger partial charge is 0.462 e. The third kappa shape index (κ3) is 69.3. The van der Waals surface area contributed by atoms with Gasteiger partial charge in [-0.15, -0.1) is 0 Å². The number of hydrogen-bond acceptors (Lipinski definition) is 6. The molecule has 0 aromatic rings. The van der Waals surface area contributed by atoms with Crippen LogP contribution in [-0.2, 0) is 28.6 Å². The molecule has 480 valence electrons. The Morgan fingerprint density at radius 2 is 0.470 bits per heavy atom. The minimum Gasteiger partial charge on any atom is -0.462 e. The molecule has 0 spiro atoms. The minimum atomic E-state index is -0.781. The number of rotatable bonds is 66. The van der Waals surface area contributed by atoms with Gasteiger partial charge >= 0.3 is 17.9 Å². The van der Waals surface area contributed by atoms with Crippen molar-refractivity contribution in [1.29, 1.82) is 0 Å². The second-order valence-electron chi connectivity index (χ2n) is 24.1. The minimum absolute atomic E-state index is 0.0775. The molecule has 1 atom stereocenters. The Bertz CT molecular complexity index is 1570. The van der Waals surface area contributed by atoms with E-state index in [2.05, 4.69) is 106 Å². The topological polar surface area (TPSA) is 78.9 Å². The molecule has 0 bridgehead atoms. The maximum atomic E-state index is 13.0. The smallest absolute Gasteiger partial charge is 0.306 e. The molecule has 0 N–H and O–H groups in total. The van der Waals surface area contributed by atoms with Crippen LogP contribution in [0.25, 0.3) is 0 Å². The van der Waals surface area contributed by atoms with Crippen LogP contribution in [0.3, 0.4) is 0 Å². The number of carbonyl (C=O) groups is 3. The van der Waals surface area contributed by atoms with Crippen molar-refractivity contribution in [2.45, 2.75) is 374 Å². The van der Waals surface area contributed by atoms with Gasteiger partial charge < -0.3 is 14.2 Å². The molecule has 83 heavy (non-hydrogen) atoms. The molecule has 1 unspecified atom stereocenters. The molecule has 0 radical (unpaired) electrons. The van der Waals surface area contributed by atoms with Crippen LogP contribution in [0, 0.1) is 0 Å². The highest BCUT2D eigenvalue weighted by Gasteiger charge is 2.19. The van der Waals surface area contributed by atoms with Crippen molar-refractivity contribution in [3.8, 4) is 0 Å². The number of unbranched alkanes of at least 4 members (excludes halogenated alkanes) is 41. The Hall–Kier alpha value is -3.41. The number of allylic oxidation sites excluding steroid dienone is 14. The average molecular weight is 1160 g/mol. The zero-order valence-electron chi connectivity index (χ0n) is 55.2. The van der Waals surface area contributed by atoms with E-state index in [1.165, 1.54) is 225 Å². The normalized spacial score (nSPS) is 12.6. The molecule has 0 saturated heterocycles. The summed E-state index contributed by atoms with van der Waals surface area (Å²) in [6, 6.07) is 0. The van der Waals surface area contributed by atoms with E-state index in [-0.39, 0.29) is 31.1 Å². The van der Waals surface area contributed by atoms with Crippen LogP contribution in [0.5, 0.6) is 0 Å². The monoisotopic (exact) mass is 1160 g/mol. The first-order chi connectivity index (χ1) is 41.0. The van der Waals surface area contributed by atoms with Crippen molar-refractivity contribution in [3.63, 3.8) is 0 Å². The van der Waals surface area contributed by atoms with E-state index in [0.717, 1.165) is 103 Å². The van der Waals surface area contributed by atoms with E-state index >= 15 is 0 Å². The van der Waals surface area contributed by atoms with Gasteiger partial charge in [-0.2, -0.15) is 0 Å². The predicted octanol–water partition coefficient (Wildman–Crippen LogP) is 25.0. The fraction of sp³-hybridized carbons (Fsp3) is 0.779. The average Bonchev–Trinajstić information content (AvgIpc) is 3.49. The maximum Gasteiger partial charge on any atom is 0.306 e. The summed E-state index contributed by atoms with van der Waals surface area (Å²) in [6.07, 6.45) is 94.7. The van der Waals surface area contributed by atoms with E-state index < -0.39 is 6.10 Å². The van der Waals surface area contributed by atoms with Gasteiger partial charge in [0, 0.05) is 19.3 Å². The Kier molecular flexibility index (Phi) is 68.2. The third-order valence-corrected chi connectivity index (χ3v) is 15.9. The van der Waals surface area contributed by atoms with Crippen molar-refractivity contribution in [1.82, 2.24) is 0 Å². The van der Waals surface area contributed by atoms with Crippen LogP contribution < -0.4 is 0 Å². The molecule has 0 amide bonds. The van der Waals surface area contributed by atoms with Crippen molar-refractivity contribution < 1.29 is 28.6 Å². The van der Waals surface area contributed by atoms with Crippen LogP contribution in [0.1, 0.15) is 367 Å². The van der Waals surface area contributed by atoms with E-state index in [1.807, 2.05) is 0 Å². The van der Waals surface area contributed by atoms with E-state index in [0.29, 0.717) is 19.3 Å². The first-order valence-corrected chi connectivity index (χ1v) is 36.1. The number of ether oxygens (including phenoxy) is 3. The molecular weight excluding hydrogens is 1020 g/mol. The highest BCUT2D eigenvalue weighted by molar-refractivity contribution is 5.71. The van der Waals surface area contributed by atoms with E-state index in [9.17, 15) is 14.4 Å².